The highest BCUT2D eigenvalue weighted by molar-refractivity contribution is 7.10. The number of urea groups is 1. The van der Waals surface area contributed by atoms with Crippen LogP contribution in [0.5, 0.6) is 0 Å². The SMILES string of the molecule is C#Cc1cc(C[C@@H](OC(=O)N2CCC(N3Cc4sccc4NC3=O)CC2)C(=O)N2CCC(N(C)C)CC2)cc(Cl)c1N. The number of terminal acetylenes is 1. The van der Waals surface area contributed by atoms with Crippen LogP contribution in [0.25, 0.3) is 0 Å². The Morgan fingerprint density at radius 1 is 1.19 bits per heavy atom. The molecular formula is C30H37ClN6O4S. The second-order valence-electron chi connectivity index (χ2n) is 11.3. The van der Waals surface area contributed by atoms with Gasteiger partial charge >= 0.3 is 12.1 Å². The molecule has 224 valence electrons. The van der Waals surface area contributed by atoms with E-state index in [1.165, 1.54) is 0 Å². The number of fused-ring (bicyclic) bond motifs is 1. The van der Waals surface area contributed by atoms with E-state index in [9.17, 15) is 14.4 Å². The van der Waals surface area contributed by atoms with E-state index in [2.05, 4.69) is 16.1 Å². The fraction of sp³-hybridized carbons (Fsp3) is 0.500. The molecule has 10 nitrogen and oxygen atoms in total. The lowest BCUT2D eigenvalue weighted by Crippen LogP contribution is -2.52. The fourth-order valence-electron chi connectivity index (χ4n) is 5.95. The van der Waals surface area contributed by atoms with Crippen molar-refractivity contribution in [2.45, 2.75) is 56.8 Å². The molecule has 0 saturated carbocycles. The summed E-state index contributed by atoms with van der Waals surface area (Å²) in [6.07, 6.45) is 7.10. The van der Waals surface area contributed by atoms with Gasteiger partial charge in [0.05, 0.1) is 22.9 Å². The zero-order valence-corrected chi connectivity index (χ0v) is 25.5. The van der Waals surface area contributed by atoms with Crippen LogP contribution in [-0.4, -0.2) is 96.1 Å². The lowest BCUT2D eigenvalue weighted by molar-refractivity contribution is -0.142. The topological polar surface area (TPSA) is 111 Å². The van der Waals surface area contributed by atoms with Crippen LogP contribution in [-0.2, 0) is 22.5 Å². The lowest BCUT2D eigenvalue weighted by atomic mass is 10.0. The van der Waals surface area contributed by atoms with Gasteiger partial charge in [0.2, 0.25) is 0 Å². The van der Waals surface area contributed by atoms with Gasteiger partial charge in [-0.3, -0.25) is 4.79 Å². The van der Waals surface area contributed by atoms with Crippen molar-refractivity contribution in [2.75, 3.05) is 51.3 Å². The van der Waals surface area contributed by atoms with E-state index in [0.29, 0.717) is 73.4 Å². The number of likely N-dealkylation sites (tertiary alicyclic amines) is 2. The van der Waals surface area contributed by atoms with E-state index in [0.717, 1.165) is 23.4 Å². The molecule has 0 spiro atoms. The first-order valence-corrected chi connectivity index (χ1v) is 15.5. The summed E-state index contributed by atoms with van der Waals surface area (Å²) in [6, 6.07) is 5.60. The molecule has 2 saturated heterocycles. The Balaban J connectivity index is 1.25. The molecular weight excluding hydrogens is 576 g/mol. The molecule has 1 atom stereocenters. The molecule has 1 aromatic heterocycles. The summed E-state index contributed by atoms with van der Waals surface area (Å²) in [5.41, 5.74) is 8.28. The van der Waals surface area contributed by atoms with Crippen LogP contribution < -0.4 is 11.1 Å². The van der Waals surface area contributed by atoms with Gasteiger partial charge in [-0.25, -0.2) is 9.59 Å². The highest BCUT2D eigenvalue weighted by Gasteiger charge is 2.36. The van der Waals surface area contributed by atoms with Crippen LogP contribution in [0.15, 0.2) is 23.6 Å². The van der Waals surface area contributed by atoms with Crippen LogP contribution in [0.1, 0.15) is 41.7 Å². The number of thiophene rings is 1. The lowest BCUT2D eigenvalue weighted by Gasteiger charge is -2.40. The quantitative estimate of drug-likeness (QED) is 0.376. The Morgan fingerprint density at radius 3 is 2.55 bits per heavy atom. The molecule has 0 bridgehead atoms. The second kappa shape index (κ2) is 12.8. The summed E-state index contributed by atoms with van der Waals surface area (Å²) >= 11 is 7.95. The number of ether oxygens (including phenoxy) is 1. The number of nitrogens with zero attached hydrogens (tertiary/aromatic N) is 4. The number of carbonyl (C=O) groups excluding carboxylic acids is 3. The average Bonchev–Trinajstić information content (AvgIpc) is 3.45. The van der Waals surface area contributed by atoms with E-state index < -0.39 is 12.2 Å². The van der Waals surface area contributed by atoms with Crippen molar-refractivity contribution in [3.05, 3.63) is 44.6 Å². The maximum absolute atomic E-state index is 13.7. The Bertz CT molecular complexity index is 1370. The third kappa shape index (κ3) is 6.46. The van der Waals surface area contributed by atoms with Crippen LogP contribution in [0, 0.1) is 12.3 Å². The Kier molecular flexibility index (Phi) is 9.16. The molecule has 2 aromatic rings. The predicted molar refractivity (Wildman–Crippen MR) is 165 cm³/mol. The summed E-state index contributed by atoms with van der Waals surface area (Å²) in [7, 11) is 4.09. The number of nitrogens with two attached hydrogens (primary N) is 1. The minimum Gasteiger partial charge on any atom is -0.436 e. The van der Waals surface area contributed by atoms with Crippen LogP contribution in [0.2, 0.25) is 5.02 Å². The number of hydrogen-bond donors (Lipinski definition) is 2. The van der Waals surface area contributed by atoms with Crippen molar-refractivity contribution < 1.29 is 19.1 Å². The molecule has 4 heterocycles. The number of anilines is 2. The summed E-state index contributed by atoms with van der Waals surface area (Å²) < 4.78 is 5.93. The predicted octanol–water partition coefficient (Wildman–Crippen LogP) is 4.08. The molecule has 12 heteroatoms. The summed E-state index contributed by atoms with van der Waals surface area (Å²) in [6.45, 7) is 2.59. The molecule has 1 aromatic carbocycles. The number of rotatable bonds is 6. The van der Waals surface area contributed by atoms with Gasteiger partial charge in [-0.15, -0.1) is 17.8 Å². The van der Waals surface area contributed by atoms with Crippen molar-refractivity contribution in [2.24, 2.45) is 0 Å². The van der Waals surface area contributed by atoms with Gasteiger partial charge in [0, 0.05) is 55.1 Å². The summed E-state index contributed by atoms with van der Waals surface area (Å²) in [4.78, 5) is 48.4. The summed E-state index contributed by atoms with van der Waals surface area (Å²) in [5.74, 6) is 2.30. The third-order valence-corrected chi connectivity index (χ3v) is 9.73. The number of amides is 4. The molecule has 4 amide bonds. The number of carbonyl (C=O) groups is 3. The minimum atomic E-state index is -1.04. The van der Waals surface area contributed by atoms with Gasteiger partial charge in [-0.1, -0.05) is 17.5 Å². The first kappa shape index (κ1) is 30.0. The van der Waals surface area contributed by atoms with Crippen molar-refractivity contribution in [1.29, 1.82) is 0 Å². The van der Waals surface area contributed by atoms with Gasteiger partial charge in [-0.05, 0) is 68.9 Å². The number of nitrogen functional groups attached to an aromatic ring is 1. The number of piperidine rings is 2. The van der Waals surface area contributed by atoms with Crippen LogP contribution in [0.3, 0.4) is 0 Å². The minimum absolute atomic E-state index is 0.0128. The van der Waals surface area contributed by atoms with E-state index in [1.807, 2.05) is 30.4 Å². The van der Waals surface area contributed by atoms with Crippen molar-refractivity contribution in [3.63, 3.8) is 0 Å². The Morgan fingerprint density at radius 2 is 1.88 bits per heavy atom. The first-order valence-electron chi connectivity index (χ1n) is 14.2. The molecule has 3 aliphatic rings. The zero-order chi connectivity index (χ0) is 30.0. The zero-order valence-electron chi connectivity index (χ0n) is 24.0. The molecule has 5 rings (SSSR count). The Hall–Kier alpha value is -3.46. The van der Waals surface area contributed by atoms with Gasteiger partial charge in [0.1, 0.15) is 0 Å². The second-order valence-corrected chi connectivity index (χ2v) is 12.7. The van der Waals surface area contributed by atoms with Gasteiger partial charge in [-0.2, -0.15) is 0 Å². The third-order valence-electron chi connectivity index (χ3n) is 8.52. The molecule has 0 aliphatic carbocycles. The molecule has 3 aliphatic heterocycles. The van der Waals surface area contributed by atoms with Gasteiger partial charge in [0.25, 0.3) is 5.91 Å². The Labute approximate surface area is 255 Å². The van der Waals surface area contributed by atoms with Gasteiger partial charge < -0.3 is 35.4 Å². The van der Waals surface area contributed by atoms with E-state index in [1.54, 1.807) is 33.3 Å². The first-order chi connectivity index (χ1) is 20.1. The van der Waals surface area contributed by atoms with Crippen LogP contribution >= 0.6 is 22.9 Å². The summed E-state index contributed by atoms with van der Waals surface area (Å²) in [5, 5.41) is 5.22. The number of hydrogen-bond acceptors (Lipinski definition) is 7. The van der Waals surface area contributed by atoms with E-state index >= 15 is 0 Å². The highest BCUT2D eigenvalue weighted by atomic mass is 35.5. The maximum atomic E-state index is 13.7. The average molecular weight is 613 g/mol. The highest BCUT2D eigenvalue weighted by Crippen LogP contribution is 2.32. The van der Waals surface area contributed by atoms with Crippen molar-refractivity contribution in [3.8, 4) is 12.3 Å². The number of halogens is 1. The van der Waals surface area contributed by atoms with Crippen molar-refractivity contribution >= 4 is 52.3 Å². The smallest absolute Gasteiger partial charge is 0.410 e. The van der Waals surface area contributed by atoms with E-state index in [4.69, 9.17) is 28.5 Å². The maximum Gasteiger partial charge on any atom is 0.410 e. The largest absolute Gasteiger partial charge is 0.436 e. The normalized spacial score (nSPS) is 18.8. The van der Waals surface area contributed by atoms with Crippen LogP contribution in [0.4, 0.5) is 21.0 Å². The van der Waals surface area contributed by atoms with Gasteiger partial charge in [0.15, 0.2) is 6.10 Å². The van der Waals surface area contributed by atoms with E-state index in [-0.39, 0.29) is 24.4 Å². The monoisotopic (exact) mass is 612 g/mol. The molecule has 0 radical (unpaired) electrons. The molecule has 3 N–H and O–H groups in total. The van der Waals surface area contributed by atoms with Crippen molar-refractivity contribution in [1.82, 2.24) is 19.6 Å². The molecule has 2 fully saturated rings. The number of benzene rings is 1. The number of nitrogens with one attached hydrogen (secondary N) is 1. The standard InChI is InChI=1S/C30H37ClN6O4S/c1-4-20-15-19(16-23(31)27(20)32)17-25(28(38)35-10-5-21(6-11-35)34(2)3)41-30(40)36-12-7-22(8-13-36)37-18-26-24(9-14-42-26)33-29(37)39/h1,9,14-16,21-22,25H,5-8,10-13,17-18,32H2,2-3H3,(H,33,39)/t25-/m1/s1. The molecule has 0 unspecified atom stereocenters. The fourth-order valence-corrected chi connectivity index (χ4v) is 7.02. The molecule has 42 heavy (non-hydrogen) atoms.